The third-order valence-electron chi connectivity index (χ3n) is 6.66. The summed E-state index contributed by atoms with van der Waals surface area (Å²) in [5, 5.41) is 4.63. The van der Waals surface area contributed by atoms with Gasteiger partial charge in [-0.3, -0.25) is 9.59 Å². The molecule has 0 bridgehead atoms. The highest BCUT2D eigenvalue weighted by Crippen LogP contribution is 2.34. The third kappa shape index (κ3) is 3.88. The van der Waals surface area contributed by atoms with Crippen LogP contribution in [0.3, 0.4) is 0 Å². The molecule has 7 nitrogen and oxygen atoms in total. The molecule has 1 fully saturated rings. The Kier molecular flexibility index (Phi) is 5.71. The van der Waals surface area contributed by atoms with E-state index < -0.39 is 0 Å². The maximum Gasteiger partial charge on any atom is 0.253 e. The van der Waals surface area contributed by atoms with Gasteiger partial charge in [-0.1, -0.05) is 18.2 Å². The van der Waals surface area contributed by atoms with Crippen LogP contribution in [0.15, 0.2) is 54.6 Å². The molecule has 34 heavy (non-hydrogen) atoms. The van der Waals surface area contributed by atoms with Gasteiger partial charge in [0.2, 0.25) is 0 Å². The molecule has 2 amide bonds. The van der Waals surface area contributed by atoms with Gasteiger partial charge in [-0.25, -0.2) is 0 Å². The van der Waals surface area contributed by atoms with Crippen molar-refractivity contribution < 1.29 is 14.3 Å². The summed E-state index contributed by atoms with van der Waals surface area (Å²) in [6.45, 7) is 1.35. The summed E-state index contributed by atoms with van der Waals surface area (Å²) >= 11 is 0. The molecular formula is C27H28N4O3. The molecule has 4 N–H and O–H groups in total. The van der Waals surface area contributed by atoms with Crippen molar-refractivity contribution >= 4 is 33.6 Å². The quantitative estimate of drug-likeness (QED) is 0.433. The number of nitrogens with two attached hydrogens (primary N) is 1. The van der Waals surface area contributed by atoms with Crippen LogP contribution in [-0.2, 0) is 0 Å². The zero-order chi connectivity index (χ0) is 23.8. The Morgan fingerprint density at radius 2 is 1.82 bits per heavy atom. The maximum atomic E-state index is 13.1. The number of hydrogen-bond donors (Lipinski definition) is 3. The second-order valence-electron chi connectivity index (χ2n) is 8.77. The number of rotatable bonds is 4. The molecule has 3 aromatic carbocycles. The number of piperidine rings is 1. The fourth-order valence-corrected chi connectivity index (χ4v) is 4.71. The molecule has 0 saturated carbocycles. The molecule has 4 aromatic rings. The summed E-state index contributed by atoms with van der Waals surface area (Å²) in [6, 6.07) is 17.6. The average molecular weight is 457 g/mol. The summed E-state index contributed by atoms with van der Waals surface area (Å²) in [4.78, 5) is 31.1. The normalized spacial score (nSPS) is 14.5. The van der Waals surface area contributed by atoms with E-state index in [4.69, 9.17) is 10.5 Å². The van der Waals surface area contributed by atoms with Crippen LogP contribution < -0.4 is 15.8 Å². The van der Waals surface area contributed by atoms with Gasteiger partial charge in [-0.05, 0) is 60.4 Å². The molecule has 0 radical (unpaired) electrons. The van der Waals surface area contributed by atoms with Crippen LogP contribution in [-0.4, -0.2) is 55.0 Å². The van der Waals surface area contributed by atoms with Crippen molar-refractivity contribution in [3.63, 3.8) is 0 Å². The van der Waals surface area contributed by atoms with E-state index in [1.165, 1.54) is 0 Å². The van der Waals surface area contributed by atoms with Gasteiger partial charge in [0.15, 0.2) is 0 Å². The Bertz CT molecular complexity index is 1400. The highest BCUT2D eigenvalue weighted by molar-refractivity contribution is 6.17. The van der Waals surface area contributed by atoms with Crippen LogP contribution in [0.1, 0.15) is 33.6 Å². The Morgan fingerprint density at radius 1 is 1.03 bits per heavy atom. The lowest BCUT2D eigenvalue weighted by Gasteiger charge is -2.30. The average Bonchev–Trinajstić information content (AvgIpc) is 3.25. The summed E-state index contributed by atoms with van der Waals surface area (Å²) in [7, 11) is 3.26. The van der Waals surface area contributed by atoms with Crippen molar-refractivity contribution in [2.45, 2.75) is 18.9 Å². The summed E-state index contributed by atoms with van der Waals surface area (Å²) < 4.78 is 5.38. The van der Waals surface area contributed by atoms with E-state index in [0.717, 1.165) is 51.5 Å². The van der Waals surface area contributed by atoms with E-state index in [2.05, 4.69) is 16.4 Å². The standard InChI is InChI=1S/C27H28N4O3/c1-29-26(32)23-14-18(16-4-3-5-20(12-16)34-2)13-22-21-7-6-17(15-24(21)30-25(22)23)27(33)31-10-8-19(28)9-11-31/h3-7,12-15,19,30H,8-11,28H2,1-2H3,(H,29,32). The van der Waals surface area contributed by atoms with E-state index in [-0.39, 0.29) is 17.9 Å². The molecule has 1 aliphatic rings. The largest absolute Gasteiger partial charge is 0.497 e. The molecule has 0 atom stereocenters. The van der Waals surface area contributed by atoms with Gasteiger partial charge in [-0.15, -0.1) is 0 Å². The number of hydrogen-bond acceptors (Lipinski definition) is 4. The van der Waals surface area contributed by atoms with Gasteiger partial charge in [0.1, 0.15) is 5.75 Å². The van der Waals surface area contributed by atoms with Crippen LogP contribution in [0.2, 0.25) is 0 Å². The lowest BCUT2D eigenvalue weighted by Crippen LogP contribution is -2.42. The number of fused-ring (bicyclic) bond motifs is 3. The fourth-order valence-electron chi connectivity index (χ4n) is 4.71. The molecule has 1 aromatic heterocycles. The molecule has 1 aliphatic heterocycles. The smallest absolute Gasteiger partial charge is 0.253 e. The first-order valence-electron chi connectivity index (χ1n) is 11.5. The zero-order valence-electron chi connectivity index (χ0n) is 19.4. The minimum absolute atomic E-state index is 0.0102. The Hall–Kier alpha value is -3.84. The van der Waals surface area contributed by atoms with Crippen LogP contribution in [0.4, 0.5) is 0 Å². The third-order valence-corrected chi connectivity index (χ3v) is 6.66. The number of ether oxygens (including phenoxy) is 1. The van der Waals surface area contributed by atoms with Gasteiger partial charge < -0.3 is 25.7 Å². The second-order valence-corrected chi connectivity index (χ2v) is 8.77. The zero-order valence-corrected chi connectivity index (χ0v) is 19.4. The van der Waals surface area contributed by atoms with E-state index in [0.29, 0.717) is 24.2 Å². The molecule has 2 heterocycles. The van der Waals surface area contributed by atoms with E-state index in [9.17, 15) is 9.59 Å². The Morgan fingerprint density at radius 3 is 2.56 bits per heavy atom. The van der Waals surface area contributed by atoms with Gasteiger partial charge in [0.25, 0.3) is 11.8 Å². The highest BCUT2D eigenvalue weighted by atomic mass is 16.5. The number of carbonyl (C=O) groups is 2. The highest BCUT2D eigenvalue weighted by Gasteiger charge is 2.23. The number of methoxy groups -OCH3 is 1. The van der Waals surface area contributed by atoms with E-state index in [1.54, 1.807) is 14.2 Å². The number of nitrogens with one attached hydrogen (secondary N) is 2. The topological polar surface area (TPSA) is 100 Å². The van der Waals surface area contributed by atoms with Gasteiger partial charge >= 0.3 is 0 Å². The Labute approximate surface area is 197 Å². The predicted octanol–water partition coefficient (Wildman–Crippen LogP) is 3.92. The van der Waals surface area contributed by atoms with Crippen LogP contribution in [0, 0.1) is 0 Å². The van der Waals surface area contributed by atoms with Crippen LogP contribution in [0.25, 0.3) is 32.9 Å². The molecular weight excluding hydrogens is 428 g/mol. The number of H-pyrrole nitrogens is 1. The van der Waals surface area contributed by atoms with Gasteiger partial charge in [0, 0.05) is 48.0 Å². The van der Waals surface area contributed by atoms with Gasteiger partial charge in [-0.2, -0.15) is 0 Å². The molecule has 1 saturated heterocycles. The lowest BCUT2D eigenvalue weighted by atomic mass is 9.98. The SMILES string of the molecule is CNC(=O)c1cc(-c2cccc(OC)c2)cc2c1[nH]c1cc(C(=O)N3CCC(N)CC3)ccc12. The van der Waals surface area contributed by atoms with Crippen molar-refractivity contribution in [1.29, 1.82) is 0 Å². The van der Waals surface area contributed by atoms with Crippen molar-refractivity contribution in [1.82, 2.24) is 15.2 Å². The first kappa shape index (κ1) is 22.0. The fraction of sp³-hybridized carbons (Fsp3) is 0.259. The number of benzene rings is 3. The summed E-state index contributed by atoms with van der Waals surface area (Å²) in [5.41, 5.74) is 10.6. The number of aromatic amines is 1. The minimum Gasteiger partial charge on any atom is -0.497 e. The van der Waals surface area contributed by atoms with Crippen LogP contribution in [0.5, 0.6) is 5.75 Å². The Balaban J connectivity index is 1.62. The van der Waals surface area contributed by atoms with E-state index in [1.807, 2.05) is 53.4 Å². The monoisotopic (exact) mass is 456 g/mol. The lowest BCUT2D eigenvalue weighted by molar-refractivity contribution is 0.0714. The predicted molar refractivity (Wildman–Crippen MR) is 134 cm³/mol. The van der Waals surface area contributed by atoms with Crippen molar-refractivity contribution in [3.05, 3.63) is 65.7 Å². The molecule has 0 aliphatic carbocycles. The first-order chi connectivity index (χ1) is 16.5. The molecule has 0 spiro atoms. The van der Waals surface area contributed by atoms with Crippen LogP contribution >= 0.6 is 0 Å². The summed E-state index contributed by atoms with van der Waals surface area (Å²) in [5.74, 6) is 0.582. The van der Waals surface area contributed by atoms with Crippen molar-refractivity contribution in [2.24, 2.45) is 5.73 Å². The minimum atomic E-state index is -0.178. The molecule has 174 valence electrons. The first-order valence-corrected chi connectivity index (χ1v) is 11.5. The van der Waals surface area contributed by atoms with Crippen molar-refractivity contribution in [2.75, 3.05) is 27.2 Å². The number of nitrogens with zero attached hydrogens (tertiary/aromatic N) is 1. The second kappa shape index (κ2) is 8.83. The molecule has 0 unspecified atom stereocenters. The van der Waals surface area contributed by atoms with Gasteiger partial charge in [0.05, 0.1) is 18.2 Å². The number of amides is 2. The number of likely N-dealkylation sites (tertiary alicyclic amines) is 1. The number of aromatic nitrogens is 1. The summed E-state index contributed by atoms with van der Waals surface area (Å²) in [6.07, 6.45) is 1.64. The number of carbonyl (C=O) groups excluding carboxylic acids is 2. The molecule has 5 rings (SSSR count). The van der Waals surface area contributed by atoms with E-state index >= 15 is 0 Å². The van der Waals surface area contributed by atoms with Crippen molar-refractivity contribution in [3.8, 4) is 16.9 Å². The molecule has 7 heteroatoms. The maximum absolute atomic E-state index is 13.1.